The lowest BCUT2D eigenvalue weighted by Crippen LogP contribution is -2.54. The summed E-state index contributed by atoms with van der Waals surface area (Å²) in [5.41, 5.74) is 3.06. The van der Waals surface area contributed by atoms with E-state index in [9.17, 15) is 14.4 Å². The number of carbonyl (C=O) groups excluding carboxylic acids is 3. The van der Waals surface area contributed by atoms with E-state index >= 15 is 0 Å². The average Bonchev–Trinajstić information content (AvgIpc) is 3.78. The van der Waals surface area contributed by atoms with Gasteiger partial charge < -0.3 is 26.2 Å². The Morgan fingerprint density at radius 2 is 1.39 bits per heavy atom. The van der Waals surface area contributed by atoms with Gasteiger partial charge in [0.05, 0.1) is 23.8 Å². The molecule has 0 saturated heterocycles. The van der Waals surface area contributed by atoms with Gasteiger partial charge in [0.15, 0.2) is 0 Å². The summed E-state index contributed by atoms with van der Waals surface area (Å²) in [5, 5.41) is 17.4. The maximum Gasteiger partial charge on any atom is 0.318 e. The third-order valence-corrected chi connectivity index (χ3v) is 10.3. The Labute approximate surface area is 298 Å². The van der Waals surface area contributed by atoms with Crippen molar-refractivity contribution >= 4 is 40.6 Å². The van der Waals surface area contributed by atoms with Crippen molar-refractivity contribution in [2.75, 3.05) is 7.05 Å². The van der Waals surface area contributed by atoms with Gasteiger partial charge >= 0.3 is 12.1 Å². The zero-order chi connectivity index (χ0) is 35.2. The van der Waals surface area contributed by atoms with Crippen molar-refractivity contribution in [2.24, 2.45) is 5.92 Å². The Hall–Kier alpha value is -4.22. The number of nitrogens with zero attached hydrogens (tertiary/aromatic N) is 2. The van der Waals surface area contributed by atoms with Crippen LogP contribution in [0.25, 0.3) is 0 Å². The normalized spacial score (nSPS) is 13.0. The molecule has 4 N–H and O–H groups in total. The van der Waals surface area contributed by atoms with E-state index in [4.69, 9.17) is 0 Å². The van der Waals surface area contributed by atoms with Gasteiger partial charge in [0, 0.05) is 35.3 Å². The van der Waals surface area contributed by atoms with Crippen molar-refractivity contribution < 1.29 is 14.4 Å². The van der Waals surface area contributed by atoms with Crippen LogP contribution in [0.2, 0.25) is 0 Å². The zero-order valence-corrected chi connectivity index (χ0v) is 30.8. The number of benzene rings is 2. The molecule has 49 heavy (non-hydrogen) atoms. The van der Waals surface area contributed by atoms with Crippen LogP contribution in [0.5, 0.6) is 0 Å². The van der Waals surface area contributed by atoms with E-state index in [-0.39, 0.29) is 36.0 Å². The van der Waals surface area contributed by atoms with Gasteiger partial charge in [-0.15, -0.1) is 22.7 Å². The number of carbonyl (C=O) groups is 3. The van der Waals surface area contributed by atoms with Crippen molar-refractivity contribution in [3.63, 3.8) is 0 Å². The highest BCUT2D eigenvalue weighted by Gasteiger charge is 2.28. The SMILES string of the molecule is CC(C)c1nc(CN(C)C(=O)N[C@H](C(=O)N[C@H](CC[C@H](Cc2ccccc2)NC(=O)NCc2cccs2)Cc2ccccc2)C(C)C)cs1. The maximum atomic E-state index is 13.9. The molecule has 3 atom stereocenters. The Kier molecular flexibility index (Phi) is 14.6. The minimum Gasteiger partial charge on any atom is -0.351 e. The summed E-state index contributed by atoms with van der Waals surface area (Å²) in [4.78, 5) is 47.4. The fraction of sp³-hybridized carbons (Fsp3) is 0.421. The average molecular weight is 703 g/mol. The van der Waals surface area contributed by atoms with Crippen LogP contribution in [0.3, 0.4) is 0 Å². The third-order valence-electron chi connectivity index (χ3n) is 8.24. The molecule has 2 aromatic heterocycles. The number of rotatable bonds is 17. The third kappa shape index (κ3) is 12.6. The minimum absolute atomic E-state index is 0.138. The second-order valence-electron chi connectivity index (χ2n) is 13.1. The van der Waals surface area contributed by atoms with Crippen molar-refractivity contribution in [3.8, 4) is 0 Å². The number of hydrogen-bond acceptors (Lipinski definition) is 6. The lowest BCUT2D eigenvalue weighted by atomic mass is 9.95. The number of aromatic nitrogens is 1. The Balaban J connectivity index is 1.43. The molecular weight excluding hydrogens is 653 g/mol. The second-order valence-corrected chi connectivity index (χ2v) is 15.0. The number of urea groups is 2. The van der Waals surface area contributed by atoms with E-state index in [1.54, 1.807) is 34.6 Å². The highest BCUT2D eigenvalue weighted by molar-refractivity contribution is 7.10. The van der Waals surface area contributed by atoms with E-state index in [2.05, 4.69) is 64.4 Å². The smallest absolute Gasteiger partial charge is 0.318 e. The van der Waals surface area contributed by atoms with Crippen molar-refractivity contribution in [1.29, 1.82) is 0 Å². The number of thiophene rings is 1. The standard InChI is InChI=1S/C38H50N6O3S2/c1-26(2)34(43-38(47)44(5)24-32-25-49-36(41-32)27(3)4)35(45)40-30(21-28-13-8-6-9-14-28)18-19-31(22-29-15-10-7-11-16-29)42-37(46)39-23-33-17-12-20-48-33/h6-17,20,25-27,30-31,34H,18-19,21-24H2,1-5H3,(H,40,45)(H,43,47)(H2,39,42,46)/t30-,31-,34+/m1/s1. The molecule has 0 unspecified atom stereocenters. The molecule has 0 bridgehead atoms. The Morgan fingerprint density at radius 3 is 1.92 bits per heavy atom. The molecule has 2 heterocycles. The van der Waals surface area contributed by atoms with Gasteiger partial charge in [-0.3, -0.25) is 4.79 Å². The molecule has 0 spiro atoms. The summed E-state index contributed by atoms with van der Waals surface area (Å²) in [6.07, 6.45) is 2.56. The molecule has 9 nitrogen and oxygen atoms in total. The minimum atomic E-state index is -0.726. The van der Waals surface area contributed by atoms with E-state index in [0.29, 0.717) is 44.7 Å². The van der Waals surface area contributed by atoms with Gasteiger partial charge in [-0.1, -0.05) is 94.4 Å². The van der Waals surface area contributed by atoms with Gasteiger partial charge in [0.25, 0.3) is 0 Å². The van der Waals surface area contributed by atoms with Crippen LogP contribution in [0.1, 0.15) is 73.2 Å². The Bertz CT molecular complexity index is 1580. The molecule has 4 rings (SSSR count). The molecule has 0 fully saturated rings. The summed E-state index contributed by atoms with van der Waals surface area (Å²) in [6.45, 7) is 8.88. The molecule has 0 saturated carbocycles. The number of hydrogen-bond donors (Lipinski definition) is 4. The number of thiazole rings is 1. The topological polar surface area (TPSA) is 115 Å². The van der Waals surface area contributed by atoms with E-state index in [0.717, 1.165) is 26.7 Å². The first-order valence-electron chi connectivity index (χ1n) is 17.0. The molecule has 0 radical (unpaired) electrons. The summed E-state index contributed by atoms with van der Waals surface area (Å²) in [7, 11) is 1.72. The van der Waals surface area contributed by atoms with E-state index in [1.807, 2.05) is 73.1 Å². The fourth-order valence-corrected chi connectivity index (χ4v) is 6.98. The maximum absolute atomic E-state index is 13.9. The molecule has 0 aliphatic carbocycles. The Morgan fingerprint density at radius 1 is 0.776 bits per heavy atom. The fourth-order valence-electron chi connectivity index (χ4n) is 5.51. The number of nitrogens with one attached hydrogen (secondary N) is 4. The quantitative estimate of drug-likeness (QED) is 0.0939. The first-order chi connectivity index (χ1) is 23.6. The summed E-state index contributed by atoms with van der Waals surface area (Å²) in [6, 6.07) is 22.5. The molecule has 0 aliphatic rings. The molecule has 11 heteroatoms. The van der Waals surface area contributed by atoms with Crippen LogP contribution in [-0.4, -0.2) is 53.0 Å². The highest BCUT2D eigenvalue weighted by Crippen LogP contribution is 2.20. The first-order valence-corrected chi connectivity index (χ1v) is 18.7. The van der Waals surface area contributed by atoms with Gasteiger partial charge in [0.1, 0.15) is 6.04 Å². The van der Waals surface area contributed by atoms with E-state index < -0.39 is 6.04 Å². The van der Waals surface area contributed by atoms with Crippen LogP contribution in [0, 0.1) is 5.92 Å². The van der Waals surface area contributed by atoms with Gasteiger partial charge in [-0.25, -0.2) is 14.6 Å². The van der Waals surface area contributed by atoms with Crippen LogP contribution in [0.15, 0.2) is 83.6 Å². The van der Waals surface area contributed by atoms with Crippen LogP contribution < -0.4 is 21.3 Å². The number of amides is 5. The summed E-state index contributed by atoms with van der Waals surface area (Å²) < 4.78 is 0. The van der Waals surface area contributed by atoms with Gasteiger partial charge in [0.2, 0.25) is 5.91 Å². The largest absolute Gasteiger partial charge is 0.351 e. The molecule has 4 aromatic rings. The monoisotopic (exact) mass is 702 g/mol. The lowest BCUT2D eigenvalue weighted by molar-refractivity contribution is -0.124. The lowest BCUT2D eigenvalue weighted by Gasteiger charge is -2.28. The molecule has 262 valence electrons. The molecular formula is C38H50N6O3S2. The zero-order valence-electron chi connectivity index (χ0n) is 29.1. The molecule has 0 aliphatic heterocycles. The first kappa shape index (κ1) is 37.6. The highest BCUT2D eigenvalue weighted by atomic mass is 32.1. The van der Waals surface area contributed by atoms with Gasteiger partial charge in [-0.2, -0.15) is 0 Å². The predicted octanol–water partition coefficient (Wildman–Crippen LogP) is 7.11. The predicted molar refractivity (Wildman–Crippen MR) is 200 cm³/mol. The van der Waals surface area contributed by atoms with Crippen LogP contribution >= 0.6 is 22.7 Å². The van der Waals surface area contributed by atoms with Crippen molar-refractivity contribution in [1.82, 2.24) is 31.2 Å². The van der Waals surface area contributed by atoms with Crippen LogP contribution in [0.4, 0.5) is 9.59 Å². The summed E-state index contributed by atoms with van der Waals surface area (Å²) in [5.74, 6) is -0.0375. The summed E-state index contributed by atoms with van der Waals surface area (Å²) >= 11 is 3.20. The molecule has 5 amide bonds. The van der Waals surface area contributed by atoms with Crippen LogP contribution in [-0.2, 0) is 30.7 Å². The van der Waals surface area contributed by atoms with Gasteiger partial charge in [-0.05, 0) is 54.2 Å². The second kappa shape index (κ2) is 19.1. The molecule has 2 aromatic carbocycles. The van der Waals surface area contributed by atoms with Crippen molar-refractivity contribution in [2.45, 2.75) is 90.5 Å². The van der Waals surface area contributed by atoms with E-state index in [1.165, 1.54) is 0 Å². The van der Waals surface area contributed by atoms with Crippen molar-refractivity contribution in [3.05, 3.63) is 110 Å².